The molecule has 1 fully saturated rings. The van der Waals surface area contributed by atoms with Gasteiger partial charge in [-0.2, -0.15) is 5.10 Å². The molecule has 1 aromatic rings. The van der Waals surface area contributed by atoms with Gasteiger partial charge in [-0.3, -0.25) is 14.3 Å². The molecule has 1 amide bonds. The van der Waals surface area contributed by atoms with Crippen LogP contribution in [0.5, 0.6) is 0 Å². The maximum absolute atomic E-state index is 12.5. The Bertz CT molecular complexity index is 607. The number of carboxylic acids is 1. The Morgan fingerprint density at radius 3 is 2.67 bits per heavy atom. The Morgan fingerprint density at radius 2 is 2.04 bits per heavy atom. The minimum atomic E-state index is -0.797. The second-order valence-electron chi connectivity index (χ2n) is 7.24. The fraction of sp³-hybridized carbons (Fsp3) is 0.722. The van der Waals surface area contributed by atoms with Crippen LogP contribution in [0.3, 0.4) is 0 Å². The normalized spacial score (nSPS) is 18.2. The van der Waals surface area contributed by atoms with Gasteiger partial charge in [0.2, 0.25) is 5.91 Å². The van der Waals surface area contributed by atoms with Crippen molar-refractivity contribution >= 4 is 11.9 Å². The lowest BCUT2D eigenvalue weighted by Gasteiger charge is -2.30. The number of piperidine rings is 1. The summed E-state index contributed by atoms with van der Waals surface area (Å²) in [6.45, 7) is 10.3. The Hall–Kier alpha value is -1.85. The molecule has 1 atom stereocenters. The van der Waals surface area contributed by atoms with E-state index < -0.39 is 11.9 Å². The van der Waals surface area contributed by atoms with Crippen molar-refractivity contribution in [1.29, 1.82) is 0 Å². The van der Waals surface area contributed by atoms with Gasteiger partial charge in [-0.25, -0.2) is 0 Å². The van der Waals surface area contributed by atoms with E-state index in [0.717, 1.165) is 29.9 Å². The molecule has 0 aromatic carbocycles. The van der Waals surface area contributed by atoms with E-state index in [0.29, 0.717) is 38.3 Å². The number of carbonyl (C=O) groups excluding carboxylic acids is 1. The van der Waals surface area contributed by atoms with E-state index in [1.165, 1.54) is 0 Å². The third-order valence-corrected chi connectivity index (χ3v) is 4.78. The first-order valence-corrected chi connectivity index (χ1v) is 8.83. The van der Waals surface area contributed by atoms with Crippen LogP contribution in [0.2, 0.25) is 0 Å². The molecule has 1 N–H and O–H groups in total. The number of nitrogens with zero attached hydrogens (tertiary/aromatic N) is 3. The van der Waals surface area contributed by atoms with Gasteiger partial charge in [0.1, 0.15) is 0 Å². The lowest BCUT2D eigenvalue weighted by molar-refractivity contribution is -0.145. The zero-order chi connectivity index (χ0) is 17.9. The van der Waals surface area contributed by atoms with Gasteiger partial charge < -0.3 is 10.0 Å². The molecule has 1 aliphatic rings. The topological polar surface area (TPSA) is 75.4 Å². The largest absolute Gasteiger partial charge is 0.481 e. The number of aliphatic carboxylic acids is 1. The maximum Gasteiger partial charge on any atom is 0.308 e. The second kappa shape index (κ2) is 7.81. The second-order valence-corrected chi connectivity index (χ2v) is 7.24. The van der Waals surface area contributed by atoms with Crippen molar-refractivity contribution < 1.29 is 14.7 Å². The Morgan fingerprint density at radius 1 is 1.33 bits per heavy atom. The fourth-order valence-electron chi connectivity index (χ4n) is 3.41. The average Bonchev–Trinajstić information content (AvgIpc) is 2.78. The van der Waals surface area contributed by atoms with Crippen LogP contribution in [-0.2, 0) is 22.6 Å². The third kappa shape index (κ3) is 4.36. The summed E-state index contributed by atoms with van der Waals surface area (Å²) in [5.41, 5.74) is 3.27. The third-order valence-electron chi connectivity index (χ3n) is 4.78. The van der Waals surface area contributed by atoms with E-state index in [1.807, 2.05) is 11.6 Å². The number of amides is 1. The molecule has 0 aliphatic carbocycles. The highest BCUT2D eigenvalue weighted by molar-refractivity contribution is 5.78. The molecule has 0 radical (unpaired) electrons. The summed E-state index contributed by atoms with van der Waals surface area (Å²) in [5, 5.41) is 13.7. The number of aryl methyl sites for hydroxylation is 1. The van der Waals surface area contributed by atoms with Crippen LogP contribution in [0.4, 0.5) is 0 Å². The molecule has 2 heterocycles. The minimum Gasteiger partial charge on any atom is -0.481 e. The van der Waals surface area contributed by atoms with Crippen molar-refractivity contribution in [2.24, 2.45) is 11.8 Å². The molecule has 24 heavy (non-hydrogen) atoms. The smallest absolute Gasteiger partial charge is 0.308 e. The van der Waals surface area contributed by atoms with Crippen molar-refractivity contribution in [2.45, 2.75) is 59.9 Å². The van der Waals surface area contributed by atoms with Crippen LogP contribution in [0.15, 0.2) is 0 Å². The highest BCUT2D eigenvalue weighted by Crippen LogP contribution is 2.20. The molecule has 0 spiro atoms. The summed E-state index contributed by atoms with van der Waals surface area (Å²) >= 11 is 0. The van der Waals surface area contributed by atoms with Crippen molar-refractivity contribution in [1.82, 2.24) is 14.7 Å². The Labute approximate surface area is 143 Å². The lowest BCUT2D eigenvalue weighted by atomic mass is 9.97. The van der Waals surface area contributed by atoms with Crippen LogP contribution in [0.25, 0.3) is 0 Å². The van der Waals surface area contributed by atoms with E-state index in [2.05, 4.69) is 25.9 Å². The van der Waals surface area contributed by atoms with Crippen LogP contribution >= 0.6 is 0 Å². The minimum absolute atomic E-state index is 0.0522. The molecule has 1 saturated heterocycles. The number of hydrogen-bond donors (Lipinski definition) is 1. The number of hydrogen-bond acceptors (Lipinski definition) is 3. The van der Waals surface area contributed by atoms with Crippen LogP contribution in [0, 0.1) is 25.7 Å². The first-order valence-electron chi connectivity index (χ1n) is 8.83. The summed E-state index contributed by atoms with van der Waals surface area (Å²) < 4.78 is 2.03. The number of rotatable bonds is 6. The van der Waals surface area contributed by atoms with E-state index in [1.54, 1.807) is 4.90 Å². The summed E-state index contributed by atoms with van der Waals surface area (Å²) in [6.07, 6.45) is 2.52. The van der Waals surface area contributed by atoms with E-state index >= 15 is 0 Å². The van der Waals surface area contributed by atoms with E-state index in [-0.39, 0.29) is 5.91 Å². The van der Waals surface area contributed by atoms with Gasteiger partial charge in [-0.1, -0.05) is 13.8 Å². The Balaban J connectivity index is 1.96. The van der Waals surface area contributed by atoms with Gasteiger partial charge in [-0.05, 0) is 44.6 Å². The van der Waals surface area contributed by atoms with Crippen LogP contribution in [0.1, 0.15) is 50.1 Å². The molecule has 0 unspecified atom stereocenters. The molecule has 2 rings (SSSR count). The van der Waals surface area contributed by atoms with Crippen molar-refractivity contribution in [3.63, 3.8) is 0 Å². The number of carbonyl (C=O) groups is 2. The lowest BCUT2D eigenvalue weighted by Crippen LogP contribution is -2.42. The average molecular weight is 335 g/mol. The van der Waals surface area contributed by atoms with Gasteiger partial charge >= 0.3 is 5.97 Å². The number of likely N-dealkylation sites (tertiary alicyclic amines) is 1. The van der Waals surface area contributed by atoms with E-state index in [4.69, 9.17) is 5.11 Å². The van der Waals surface area contributed by atoms with Gasteiger partial charge in [0.15, 0.2) is 0 Å². The first-order chi connectivity index (χ1) is 11.3. The summed E-state index contributed by atoms with van der Waals surface area (Å²) in [6, 6.07) is 0. The van der Waals surface area contributed by atoms with Gasteiger partial charge in [0.05, 0.1) is 11.6 Å². The molecule has 6 nitrogen and oxygen atoms in total. The summed E-state index contributed by atoms with van der Waals surface area (Å²) in [5.74, 6) is -0.635. The summed E-state index contributed by atoms with van der Waals surface area (Å²) in [4.78, 5) is 25.3. The van der Waals surface area contributed by atoms with Crippen LogP contribution < -0.4 is 0 Å². The quantitative estimate of drug-likeness (QED) is 0.866. The first kappa shape index (κ1) is 18.5. The molecule has 0 bridgehead atoms. The van der Waals surface area contributed by atoms with Gasteiger partial charge in [0.25, 0.3) is 0 Å². The highest BCUT2D eigenvalue weighted by Gasteiger charge is 2.28. The van der Waals surface area contributed by atoms with Crippen molar-refractivity contribution in [3.05, 3.63) is 17.0 Å². The number of aromatic nitrogens is 2. The van der Waals surface area contributed by atoms with Crippen molar-refractivity contribution in [3.8, 4) is 0 Å². The predicted octanol–water partition coefficient (Wildman–Crippen LogP) is 2.41. The zero-order valence-corrected chi connectivity index (χ0v) is 15.2. The maximum atomic E-state index is 12.5. The molecule has 1 aliphatic heterocycles. The highest BCUT2D eigenvalue weighted by atomic mass is 16.4. The number of carboxylic acid groups (broad SMARTS) is 1. The van der Waals surface area contributed by atoms with Crippen molar-refractivity contribution in [2.75, 3.05) is 13.1 Å². The molecule has 0 saturated carbocycles. The van der Waals surface area contributed by atoms with Gasteiger partial charge in [0, 0.05) is 31.7 Å². The zero-order valence-electron chi connectivity index (χ0n) is 15.2. The standard InChI is InChI=1S/C18H29N3O3/c1-12(2)10-21-14(4)16(13(3)19-21)7-8-17(22)20-9-5-6-15(11-20)18(23)24/h12,15H,5-11H2,1-4H3,(H,23,24)/t15-/m0/s1. The molecule has 134 valence electrons. The molecule has 6 heteroatoms. The SMILES string of the molecule is Cc1nn(CC(C)C)c(C)c1CCC(=O)N1CCC[C@H](C(=O)O)C1. The Kier molecular flexibility index (Phi) is 6.02. The fourth-order valence-corrected chi connectivity index (χ4v) is 3.41. The van der Waals surface area contributed by atoms with Crippen LogP contribution in [-0.4, -0.2) is 44.8 Å². The summed E-state index contributed by atoms with van der Waals surface area (Å²) in [7, 11) is 0. The molecule has 1 aromatic heterocycles. The molecular formula is C18H29N3O3. The van der Waals surface area contributed by atoms with E-state index in [9.17, 15) is 9.59 Å². The van der Waals surface area contributed by atoms with Gasteiger partial charge in [-0.15, -0.1) is 0 Å². The molecular weight excluding hydrogens is 306 g/mol. The monoisotopic (exact) mass is 335 g/mol. The predicted molar refractivity (Wildman–Crippen MR) is 91.8 cm³/mol.